The van der Waals surface area contributed by atoms with Crippen LogP contribution in [0.25, 0.3) is 0 Å². The maximum Gasteiger partial charge on any atom is 0.304 e. The highest BCUT2D eigenvalue weighted by Gasteiger charge is 2.53. The van der Waals surface area contributed by atoms with E-state index in [2.05, 4.69) is 81.4 Å². The van der Waals surface area contributed by atoms with E-state index < -0.39 is 20.9 Å². The van der Waals surface area contributed by atoms with Crippen LogP contribution in [0.15, 0.2) is 95.9 Å². The summed E-state index contributed by atoms with van der Waals surface area (Å²) in [6.45, 7) is 8.15. The molecule has 1 aliphatic heterocycles. The van der Waals surface area contributed by atoms with E-state index in [1.165, 1.54) is 17.3 Å². The minimum absolute atomic E-state index is 0.0606. The molecule has 0 bridgehead atoms. The van der Waals surface area contributed by atoms with Crippen molar-refractivity contribution in [1.29, 1.82) is 0 Å². The van der Waals surface area contributed by atoms with Crippen LogP contribution in [0, 0.1) is 0 Å². The number of rotatable bonds is 7. The summed E-state index contributed by atoms with van der Waals surface area (Å²) in [6, 6.07) is 31.1. The van der Waals surface area contributed by atoms with Crippen LogP contribution in [-0.4, -0.2) is 32.1 Å². The number of esters is 1. The van der Waals surface area contributed by atoms with Gasteiger partial charge in [0.05, 0.1) is 5.25 Å². The lowest BCUT2D eigenvalue weighted by atomic mass is 10.2. The molecule has 6 heteroatoms. The first-order valence-corrected chi connectivity index (χ1v) is 14.4. The van der Waals surface area contributed by atoms with Crippen molar-refractivity contribution in [3.05, 3.63) is 91.0 Å². The maximum absolute atomic E-state index is 11.8. The number of hydrogen-bond acceptors (Lipinski definition) is 5. The lowest BCUT2D eigenvalue weighted by molar-refractivity contribution is -0.190. The third-order valence-corrected chi connectivity index (χ3v) is 12.3. The molecule has 0 aliphatic carbocycles. The Labute approximate surface area is 207 Å². The molecule has 1 unspecified atom stereocenters. The first kappa shape index (κ1) is 24.7. The highest BCUT2D eigenvalue weighted by molar-refractivity contribution is 8.00. The number of hydrogen-bond donors (Lipinski definition) is 0. The number of carbonyl (C=O) groups is 1. The molecular formula is C28H32O4SSi. The Morgan fingerprint density at radius 1 is 0.882 bits per heavy atom. The van der Waals surface area contributed by atoms with Crippen LogP contribution >= 0.6 is 11.8 Å². The summed E-state index contributed by atoms with van der Waals surface area (Å²) in [6.07, 6.45) is -0.523. The molecule has 0 N–H and O–H groups in total. The Kier molecular flexibility index (Phi) is 7.62. The molecule has 0 amide bonds. The van der Waals surface area contributed by atoms with Gasteiger partial charge in [-0.05, 0) is 27.5 Å². The van der Waals surface area contributed by atoms with E-state index in [9.17, 15) is 4.79 Å². The number of thioether (sulfide) groups is 1. The van der Waals surface area contributed by atoms with E-state index in [1.807, 2.05) is 30.3 Å². The topological polar surface area (TPSA) is 44.8 Å². The summed E-state index contributed by atoms with van der Waals surface area (Å²) in [7, 11) is -2.78. The standard InChI is InChI=1S/C28H32O4SSi/c1-21(29)30-27-25(33-22-14-8-5-9-15-22)20-26(31-27)32-34(28(2,3)4,23-16-10-6-11-17-23)24-18-12-7-13-19-24/h5-19,25-27H,20H2,1-4H3/t25-,26-,27?/m1/s1. The summed E-state index contributed by atoms with van der Waals surface area (Å²) < 4.78 is 19.0. The highest BCUT2D eigenvalue weighted by Crippen LogP contribution is 2.42. The second-order valence-corrected chi connectivity index (χ2v) is 15.1. The van der Waals surface area contributed by atoms with Crippen molar-refractivity contribution in [2.45, 2.75) is 61.9 Å². The SMILES string of the molecule is CC(=O)OC1O[C@H](O[Si](c2ccccc2)(c2ccccc2)C(C)(C)C)C[C@H]1Sc1ccccc1. The zero-order valence-corrected chi connectivity index (χ0v) is 22.0. The van der Waals surface area contributed by atoms with Gasteiger partial charge in [0.25, 0.3) is 8.32 Å². The molecule has 3 aromatic carbocycles. The lowest BCUT2D eigenvalue weighted by Gasteiger charge is -2.44. The molecule has 1 aliphatic rings. The first-order valence-electron chi connectivity index (χ1n) is 11.6. The van der Waals surface area contributed by atoms with Crippen molar-refractivity contribution in [3.63, 3.8) is 0 Å². The molecule has 4 rings (SSSR count). The summed E-state index contributed by atoms with van der Waals surface area (Å²) in [5.74, 6) is -0.352. The highest BCUT2D eigenvalue weighted by atomic mass is 32.2. The fourth-order valence-electron chi connectivity index (χ4n) is 4.60. The minimum atomic E-state index is -2.78. The van der Waals surface area contributed by atoms with Gasteiger partial charge in [-0.3, -0.25) is 4.79 Å². The quantitative estimate of drug-likeness (QED) is 0.328. The molecule has 0 radical (unpaired) electrons. The van der Waals surface area contributed by atoms with Gasteiger partial charge in [0.1, 0.15) is 0 Å². The third-order valence-electron chi connectivity index (χ3n) is 6.05. The van der Waals surface area contributed by atoms with Crippen LogP contribution in [0.2, 0.25) is 5.04 Å². The average molecular weight is 493 g/mol. The van der Waals surface area contributed by atoms with Crippen LogP contribution < -0.4 is 10.4 Å². The van der Waals surface area contributed by atoms with E-state index in [0.29, 0.717) is 6.42 Å². The molecule has 1 heterocycles. The predicted octanol–water partition coefficient (Wildman–Crippen LogP) is 5.36. The molecule has 0 spiro atoms. The summed E-state index contributed by atoms with van der Waals surface area (Å²) >= 11 is 1.66. The number of benzene rings is 3. The molecule has 4 nitrogen and oxygen atoms in total. The average Bonchev–Trinajstić information content (AvgIpc) is 3.18. The molecular weight excluding hydrogens is 460 g/mol. The van der Waals surface area contributed by atoms with Gasteiger partial charge in [-0.2, -0.15) is 0 Å². The zero-order valence-electron chi connectivity index (χ0n) is 20.1. The molecule has 0 saturated carbocycles. The Morgan fingerprint density at radius 3 is 1.85 bits per heavy atom. The Balaban J connectivity index is 1.70. The summed E-state index contributed by atoms with van der Waals surface area (Å²) in [4.78, 5) is 13.0. The zero-order chi connectivity index (χ0) is 24.2. The molecule has 178 valence electrons. The van der Waals surface area contributed by atoms with Crippen LogP contribution in [0.4, 0.5) is 0 Å². The van der Waals surface area contributed by atoms with Crippen molar-refractivity contribution in [2.24, 2.45) is 0 Å². The molecule has 1 fully saturated rings. The van der Waals surface area contributed by atoms with Crippen LogP contribution in [-0.2, 0) is 18.7 Å². The number of ether oxygens (including phenoxy) is 2. The maximum atomic E-state index is 11.8. The second-order valence-electron chi connectivity index (χ2n) is 9.53. The van der Waals surface area contributed by atoms with E-state index in [0.717, 1.165) is 4.90 Å². The summed E-state index contributed by atoms with van der Waals surface area (Å²) in [5.41, 5.74) is 0. The molecule has 34 heavy (non-hydrogen) atoms. The smallest absolute Gasteiger partial charge is 0.304 e. The molecule has 3 atom stereocenters. The van der Waals surface area contributed by atoms with Gasteiger partial charge in [-0.1, -0.05) is 99.6 Å². The fourth-order valence-corrected chi connectivity index (χ4v) is 10.3. The summed E-state index contributed by atoms with van der Waals surface area (Å²) in [5, 5.41) is 2.16. The van der Waals surface area contributed by atoms with Gasteiger partial charge in [0.2, 0.25) is 6.29 Å². The molecule has 1 saturated heterocycles. The van der Waals surface area contributed by atoms with Crippen molar-refractivity contribution in [1.82, 2.24) is 0 Å². The van der Waals surface area contributed by atoms with Gasteiger partial charge in [0, 0.05) is 18.2 Å². The van der Waals surface area contributed by atoms with Crippen LogP contribution in [0.3, 0.4) is 0 Å². The van der Waals surface area contributed by atoms with E-state index in [4.69, 9.17) is 13.9 Å². The lowest BCUT2D eigenvalue weighted by Crippen LogP contribution is -2.67. The molecule has 0 aromatic heterocycles. The van der Waals surface area contributed by atoms with E-state index >= 15 is 0 Å². The van der Waals surface area contributed by atoms with Crippen molar-refractivity contribution in [2.75, 3.05) is 0 Å². The largest absolute Gasteiger partial charge is 0.435 e. The second kappa shape index (κ2) is 10.5. The van der Waals surface area contributed by atoms with Gasteiger partial charge in [0.15, 0.2) is 6.29 Å². The number of carbonyl (C=O) groups excluding carboxylic acids is 1. The Hall–Kier alpha value is -2.38. The van der Waals surface area contributed by atoms with Crippen molar-refractivity contribution >= 4 is 36.4 Å². The predicted molar refractivity (Wildman–Crippen MR) is 140 cm³/mol. The van der Waals surface area contributed by atoms with Gasteiger partial charge in [-0.25, -0.2) is 0 Å². The normalized spacial score (nSPS) is 20.8. The monoisotopic (exact) mass is 492 g/mol. The van der Waals surface area contributed by atoms with E-state index in [1.54, 1.807) is 11.8 Å². The van der Waals surface area contributed by atoms with Crippen molar-refractivity contribution < 1.29 is 18.7 Å². The van der Waals surface area contributed by atoms with Crippen molar-refractivity contribution in [3.8, 4) is 0 Å². The van der Waals surface area contributed by atoms with Gasteiger partial charge >= 0.3 is 5.97 Å². The minimum Gasteiger partial charge on any atom is -0.435 e. The fraction of sp³-hybridized carbons (Fsp3) is 0.321. The molecule has 3 aromatic rings. The Morgan fingerprint density at radius 2 is 1.38 bits per heavy atom. The Bertz CT molecular complexity index is 1030. The van der Waals surface area contributed by atoms with Gasteiger partial charge < -0.3 is 13.9 Å². The third kappa shape index (κ3) is 5.30. The first-order chi connectivity index (χ1) is 16.3. The van der Waals surface area contributed by atoms with Crippen LogP contribution in [0.5, 0.6) is 0 Å². The van der Waals surface area contributed by atoms with Gasteiger partial charge in [-0.15, -0.1) is 11.8 Å². The van der Waals surface area contributed by atoms with Crippen LogP contribution in [0.1, 0.15) is 34.1 Å². The van der Waals surface area contributed by atoms with E-state index in [-0.39, 0.29) is 16.3 Å².